The molecule has 2 aliphatic heterocycles. The van der Waals surface area contributed by atoms with E-state index < -0.39 is 0 Å². The van der Waals surface area contributed by atoms with Crippen LogP contribution in [0.4, 0.5) is 0 Å². The third-order valence-electron chi connectivity index (χ3n) is 7.19. The molecule has 6 aromatic rings. The Morgan fingerprint density at radius 1 is 0.902 bits per heavy atom. The number of hydrogen-bond acceptors (Lipinski definition) is 10. The standard InChI is InChI=1S/C30H18N6O3S2/c37-23-5-2-4-16-12-21(32-30(39)26(16)23)18-11-19(20-9-7-15-3-1-6-24(38)27(15)31-20)29-28(34-41-36(29)14-18)17-8-10-25-22(13-17)33-35-40-25/h1-14,34,37-38H,(H,32,39). The molecule has 0 saturated carbocycles. The number of aromatic hydroxyl groups is 2. The predicted molar refractivity (Wildman–Crippen MR) is 162 cm³/mol. The molecule has 0 amide bonds. The number of para-hydroxylation sites is 1. The van der Waals surface area contributed by atoms with Gasteiger partial charge in [-0.2, -0.15) is 0 Å². The van der Waals surface area contributed by atoms with Crippen LogP contribution in [0.2, 0.25) is 0 Å². The van der Waals surface area contributed by atoms with E-state index in [9.17, 15) is 15.0 Å². The molecule has 11 heteroatoms. The minimum atomic E-state index is -0.375. The van der Waals surface area contributed by atoms with Gasteiger partial charge in [0.25, 0.3) is 5.56 Å². The number of nitrogens with one attached hydrogen (secondary N) is 2. The molecule has 3 aromatic heterocycles. The van der Waals surface area contributed by atoms with Crippen molar-refractivity contribution in [3.63, 3.8) is 0 Å². The summed E-state index contributed by atoms with van der Waals surface area (Å²) in [7, 11) is 0. The minimum absolute atomic E-state index is 0.0641. The van der Waals surface area contributed by atoms with E-state index in [0.717, 1.165) is 43.7 Å². The van der Waals surface area contributed by atoms with Gasteiger partial charge in [0.15, 0.2) is 0 Å². The molecule has 0 aliphatic carbocycles. The summed E-state index contributed by atoms with van der Waals surface area (Å²) < 4.78 is 10.5. The molecule has 0 saturated heterocycles. The van der Waals surface area contributed by atoms with E-state index >= 15 is 0 Å². The number of pyridine rings is 2. The topological polar surface area (TPSA) is 127 Å². The molecule has 0 bridgehead atoms. The van der Waals surface area contributed by atoms with Crippen LogP contribution in [-0.2, 0) is 0 Å². The third-order valence-corrected chi connectivity index (χ3v) is 8.67. The molecule has 0 spiro atoms. The van der Waals surface area contributed by atoms with Crippen molar-refractivity contribution in [2.24, 2.45) is 0 Å². The quantitative estimate of drug-likeness (QED) is 0.195. The van der Waals surface area contributed by atoms with Crippen LogP contribution >= 0.6 is 23.7 Å². The fraction of sp³-hybridized carbons (Fsp3) is 0. The van der Waals surface area contributed by atoms with E-state index in [1.807, 2.05) is 59.0 Å². The summed E-state index contributed by atoms with van der Waals surface area (Å²) in [5.74, 6) is 0.0347. The largest absolute Gasteiger partial charge is 0.507 e. The summed E-state index contributed by atoms with van der Waals surface area (Å²) in [6.07, 6.45) is 3.93. The average Bonchev–Trinajstić information content (AvgIpc) is 3.63. The Morgan fingerprint density at radius 3 is 2.66 bits per heavy atom. The van der Waals surface area contributed by atoms with Gasteiger partial charge in [0.05, 0.1) is 45.0 Å². The number of H-pyrrole nitrogens is 1. The number of nitrogens with zero attached hydrogens (tertiary/aromatic N) is 4. The van der Waals surface area contributed by atoms with Gasteiger partial charge in [-0.05, 0) is 59.4 Å². The Bertz CT molecular complexity index is 2230. The zero-order chi connectivity index (χ0) is 27.7. The Morgan fingerprint density at radius 2 is 1.76 bits per heavy atom. The maximum atomic E-state index is 13.0. The maximum absolute atomic E-state index is 13.0. The number of phenolic OH excluding ortho intramolecular Hbond substituents is 2. The average molecular weight is 575 g/mol. The second-order valence-electron chi connectivity index (χ2n) is 9.64. The van der Waals surface area contributed by atoms with Crippen LogP contribution in [0.25, 0.3) is 48.7 Å². The van der Waals surface area contributed by atoms with Crippen LogP contribution in [0.1, 0.15) is 17.0 Å². The summed E-state index contributed by atoms with van der Waals surface area (Å²) in [6.45, 7) is 0. The SMILES string of the molecule is O=c1[nH]c(C2=CN3SNC(c4ccc5snnc5c4)=C3C(c3ccc4cccc(O)c4n3)=C2)cc2cccc(O)c12. The first-order chi connectivity index (χ1) is 20.0. The molecule has 8 rings (SSSR count). The molecule has 41 heavy (non-hydrogen) atoms. The number of aromatic nitrogens is 4. The highest BCUT2D eigenvalue weighted by molar-refractivity contribution is 7.96. The minimum Gasteiger partial charge on any atom is -0.507 e. The number of rotatable bonds is 3. The van der Waals surface area contributed by atoms with Crippen molar-refractivity contribution in [2.45, 2.75) is 0 Å². The molecule has 0 unspecified atom stereocenters. The fourth-order valence-corrected chi connectivity index (χ4v) is 6.63. The molecule has 0 atom stereocenters. The smallest absolute Gasteiger partial charge is 0.260 e. The lowest BCUT2D eigenvalue weighted by molar-refractivity contribution is 0.480. The molecule has 0 fully saturated rings. The third kappa shape index (κ3) is 3.78. The predicted octanol–water partition coefficient (Wildman–Crippen LogP) is 5.77. The molecule has 198 valence electrons. The van der Waals surface area contributed by atoms with E-state index in [1.165, 1.54) is 29.7 Å². The summed E-state index contributed by atoms with van der Waals surface area (Å²) >= 11 is 2.75. The lowest BCUT2D eigenvalue weighted by Crippen LogP contribution is -2.15. The van der Waals surface area contributed by atoms with Gasteiger partial charge in [0.2, 0.25) is 0 Å². The van der Waals surface area contributed by atoms with Gasteiger partial charge in [-0.15, -0.1) is 5.10 Å². The molecule has 9 nitrogen and oxygen atoms in total. The maximum Gasteiger partial charge on any atom is 0.260 e. The highest BCUT2D eigenvalue weighted by atomic mass is 32.2. The van der Waals surface area contributed by atoms with Crippen LogP contribution in [0.3, 0.4) is 0 Å². The van der Waals surface area contributed by atoms with E-state index in [2.05, 4.69) is 19.3 Å². The summed E-state index contributed by atoms with van der Waals surface area (Å²) in [5.41, 5.74) is 6.44. The van der Waals surface area contributed by atoms with Crippen LogP contribution in [0.5, 0.6) is 11.5 Å². The van der Waals surface area contributed by atoms with Gasteiger partial charge in [-0.1, -0.05) is 40.9 Å². The van der Waals surface area contributed by atoms with Gasteiger partial charge in [0.1, 0.15) is 22.5 Å². The lowest BCUT2D eigenvalue weighted by atomic mass is 9.95. The van der Waals surface area contributed by atoms with Crippen molar-refractivity contribution >= 4 is 72.4 Å². The van der Waals surface area contributed by atoms with Crippen LogP contribution in [-0.4, -0.2) is 34.1 Å². The number of benzene rings is 3. The monoisotopic (exact) mass is 574 g/mol. The zero-order valence-corrected chi connectivity index (χ0v) is 22.6. The molecule has 2 aliphatic rings. The fourth-order valence-electron chi connectivity index (χ4n) is 5.24. The van der Waals surface area contributed by atoms with E-state index in [-0.39, 0.29) is 22.4 Å². The Labute approximate surface area is 240 Å². The first kappa shape index (κ1) is 23.7. The summed E-state index contributed by atoms with van der Waals surface area (Å²) in [5, 5.41) is 26.8. The van der Waals surface area contributed by atoms with Crippen molar-refractivity contribution in [1.29, 1.82) is 0 Å². The van der Waals surface area contributed by atoms with Gasteiger partial charge < -0.3 is 19.9 Å². The number of aromatic amines is 1. The first-order valence-electron chi connectivity index (χ1n) is 12.6. The molecule has 4 N–H and O–H groups in total. The number of fused-ring (bicyclic) bond motifs is 4. The zero-order valence-electron chi connectivity index (χ0n) is 21.0. The van der Waals surface area contributed by atoms with Gasteiger partial charge in [-0.3, -0.25) is 9.10 Å². The Balaban J connectivity index is 1.36. The highest BCUT2D eigenvalue weighted by Crippen LogP contribution is 2.45. The summed E-state index contributed by atoms with van der Waals surface area (Å²) in [6, 6.07) is 22.1. The van der Waals surface area contributed by atoms with Gasteiger partial charge in [0, 0.05) is 28.3 Å². The molecular formula is C30H18N6O3S2. The normalized spacial score (nSPS) is 14.9. The summed E-state index contributed by atoms with van der Waals surface area (Å²) in [4.78, 5) is 20.8. The van der Waals surface area contributed by atoms with Crippen molar-refractivity contribution in [3.05, 3.63) is 118 Å². The van der Waals surface area contributed by atoms with E-state index in [0.29, 0.717) is 22.3 Å². The first-order valence-corrected chi connectivity index (χ1v) is 14.2. The van der Waals surface area contributed by atoms with Crippen molar-refractivity contribution < 1.29 is 10.2 Å². The van der Waals surface area contributed by atoms with Gasteiger partial charge >= 0.3 is 0 Å². The number of phenols is 2. The van der Waals surface area contributed by atoms with E-state index in [4.69, 9.17) is 4.98 Å². The van der Waals surface area contributed by atoms with Gasteiger partial charge in [-0.25, -0.2) is 4.98 Å². The number of hydrogen-bond donors (Lipinski definition) is 4. The van der Waals surface area contributed by atoms with Crippen LogP contribution in [0, 0.1) is 0 Å². The Hall–Kier alpha value is -5.13. The van der Waals surface area contributed by atoms with Crippen molar-refractivity contribution in [3.8, 4) is 11.5 Å². The molecule has 3 aromatic carbocycles. The Kier molecular flexibility index (Phi) is 5.18. The van der Waals surface area contributed by atoms with Crippen molar-refractivity contribution in [2.75, 3.05) is 0 Å². The lowest BCUT2D eigenvalue weighted by Gasteiger charge is -2.24. The molecule has 5 heterocycles. The second kappa shape index (κ2) is 8.95. The van der Waals surface area contributed by atoms with E-state index in [1.54, 1.807) is 24.3 Å². The number of allylic oxidation sites excluding steroid dienone is 3. The van der Waals surface area contributed by atoms with Crippen LogP contribution < -0.4 is 10.3 Å². The molecule has 0 radical (unpaired) electrons. The van der Waals surface area contributed by atoms with Crippen molar-refractivity contribution in [1.82, 2.24) is 28.6 Å². The van der Waals surface area contributed by atoms with Crippen LogP contribution in [0.15, 0.2) is 95.6 Å². The molecular weight excluding hydrogens is 557 g/mol. The second-order valence-corrected chi connectivity index (χ2v) is 11.2. The highest BCUT2D eigenvalue weighted by Gasteiger charge is 2.32.